The normalized spacial score (nSPS) is 11.4. The van der Waals surface area contributed by atoms with Gasteiger partial charge in [0, 0.05) is 24.5 Å². The number of carbonyl (C=O) groups excluding carboxylic acids is 1. The highest BCUT2D eigenvalue weighted by atomic mass is 32.2. The molecule has 1 amide bonds. The minimum atomic E-state index is -3.63. The minimum Gasteiger partial charge on any atom is -0.325 e. The minimum absolute atomic E-state index is 0.0522. The van der Waals surface area contributed by atoms with Crippen LogP contribution in [0.3, 0.4) is 0 Å². The fourth-order valence-corrected chi connectivity index (χ4v) is 5.64. The van der Waals surface area contributed by atoms with Gasteiger partial charge in [0.2, 0.25) is 15.9 Å². The quantitative estimate of drug-likeness (QED) is 0.621. The van der Waals surface area contributed by atoms with Crippen LogP contribution in [0.4, 0.5) is 5.69 Å². The average Bonchev–Trinajstić information content (AvgIpc) is 2.68. The monoisotopic (exact) mass is 446 g/mol. The maximum atomic E-state index is 12.9. The number of hydrogen-bond donors (Lipinski definition) is 1. The number of rotatable bonds is 8. The second-order valence-corrected chi connectivity index (χ2v) is 9.65. The van der Waals surface area contributed by atoms with Crippen LogP contribution in [0.15, 0.2) is 34.2 Å². The molecular weight excluding hydrogens is 420 g/mol. The number of pyridine rings is 1. The average molecular weight is 447 g/mol. The Morgan fingerprint density at radius 2 is 1.83 bits per heavy atom. The Hall–Kier alpha value is -2.41. The molecule has 0 saturated heterocycles. The highest BCUT2D eigenvalue weighted by molar-refractivity contribution is 8.00. The van der Waals surface area contributed by atoms with Gasteiger partial charge in [0.1, 0.15) is 11.1 Å². The summed E-state index contributed by atoms with van der Waals surface area (Å²) >= 11 is 1.18. The van der Waals surface area contributed by atoms with Gasteiger partial charge in [-0.2, -0.15) is 9.57 Å². The van der Waals surface area contributed by atoms with Gasteiger partial charge in [-0.25, -0.2) is 13.4 Å². The molecule has 0 aliphatic heterocycles. The van der Waals surface area contributed by atoms with E-state index in [0.717, 1.165) is 11.3 Å². The Kier molecular flexibility index (Phi) is 8.01. The number of aromatic nitrogens is 1. The summed E-state index contributed by atoms with van der Waals surface area (Å²) in [5.41, 5.74) is 3.08. The molecule has 1 heterocycles. The lowest BCUT2D eigenvalue weighted by Gasteiger charge is -2.20. The van der Waals surface area contributed by atoms with Gasteiger partial charge >= 0.3 is 0 Å². The third kappa shape index (κ3) is 5.39. The molecule has 1 N–H and O–H groups in total. The molecule has 0 bridgehead atoms. The zero-order valence-corrected chi connectivity index (χ0v) is 19.4. The number of nitrogens with one attached hydrogen (secondary N) is 1. The number of anilines is 1. The standard InChI is InChI=1S/C21H26N4O3S2/c1-6-25(7-2)30(27,28)19-11-17(9-8-14(19)3)24-20(26)13-29-21-18(12-22)15(4)10-16(5)23-21/h8-11H,6-7,13H2,1-5H3,(H,24,26). The fraction of sp³-hybridized carbons (Fsp3) is 0.381. The SMILES string of the molecule is CCN(CC)S(=O)(=O)c1cc(NC(=O)CSc2nc(C)cc(C)c2C#N)ccc1C. The van der Waals surface area contributed by atoms with E-state index in [4.69, 9.17) is 0 Å². The molecule has 0 spiro atoms. The Bertz CT molecular complexity index is 1090. The third-order valence-corrected chi connectivity index (χ3v) is 7.73. The highest BCUT2D eigenvalue weighted by Crippen LogP contribution is 2.26. The van der Waals surface area contributed by atoms with Crippen LogP contribution in [0.5, 0.6) is 0 Å². The fourth-order valence-electron chi connectivity index (χ4n) is 3.03. The Morgan fingerprint density at radius 3 is 2.43 bits per heavy atom. The maximum Gasteiger partial charge on any atom is 0.243 e. The van der Waals surface area contributed by atoms with E-state index in [1.54, 1.807) is 32.9 Å². The van der Waals surface area contributed by atoms with Gasteiger partial charge in [-0.3, -0.25) is 4.79 Å². The van der Waals surface area contributed by atoms with Gasteiger partial charge in [0.15, 0.2) is 0 Å². The van der Waals surface area contributed by atoms with E-state index in [2.05, 4.69) is 16.4 Å². The van der Waals surface area contributed by atoms with E-state index < -0.39 is 10.0 Å². The van der Waals surface area contributed by atoms with Crippen LogP contribution in [0.25, 0.3) is 0 Å². The van der Waals surface area contributed by atoms with Crippen LogP contribution in [-0.4, -0.2) is 42.5 Å². The van der Waals surface area contributed by atoms with Crippen LogP contribution in [0.2, 0.25) is 0 Å². The van der Waals surface area contributed by atoms with Crippen molar-refractivity contribution in [2.75, 3.05) is 24.2 Å². The van der Waals surface area contributed by atoms with Gasteiger partial charge in [-0.15, -0.1) is 0 Å². The molecule has 0 unspecified atom stereocenters. The van der Waals surface area contributed by atoms with Crippen molar-refractivity contribution in [3.63, 3.8) is 0 Å². The number of benzene rings is 1. The molecule has 0 aliphatic carbocycles. The van der Waals surface area contributed by atoms with Gasteiger partial charge in [-0.05, 0) is 50.1 Å². The van der Waals surface area contributed by atoms with Crippen LogP contribution >= 0.6 is 11.8 Å². The Balaban J connectivity index is 2.18. The van der Waals surface area contributed by atoms with Crippen molar-refractivity contribution in [3.8, 4) is 6.07 Å². The molecule has 0 radical (unpaired) electrons. The summed E-state index contributed by atoms with van der Waals surface area (Å²) in [6.07, 6.45) is 0. The van der Waals surface area contributed by atoms with E-state index >= 15 is 0 Å². The van der Waals surface area contributed by atoms with Crippen molar-refractivity contribution in [2.24, 2.45) is 0 Å². The van der Waals surface area contributed by atoms with Crippen LogP contribution in [0, 0.1) is 32.1 Å². The number of nitrogens with zero attached hydrogens (tertiary/aromatic N) is 3. The smallest absolute Gasteiger partial charge is 0.243 e. The largest absolute Gasteiger partial charge is 0.325 e. The highest BCUT2D eigenvalue weighted by Gasteiger charge is 2.24. The number of sulfonamides is 1. The number of nitriles is 1. The lowest BCUT2D eigenvalue weighted by molar-refractivity contribution is -0.113. The third-order valence-electron chi connectivity index (χ3n) is 4.56. The summed E-state index contributed by atoms with van der Waals surface area (Å²) in [5, 5.41) is 12.6. The Labute approximate surface area is 182 Å². The van der Waals surface area contributed by atoms with Gasteiger partial charge in [0.05, 0.1) is 16.2 Å². The molecule has 2 rings (SSSR count). The van der Waals surface area contributed by atoms with Crippen molar-refractivity contribution >= 4 is 33.4 Å². The summed E-state index contributed by atoms with van der Waals surface area (Å²) in [4.78, 5) is 17.0. The molecule has 9 heteroatoms. The van der Waals surface area contributed by atoms with Crippen LogP contribution < -0.4 is 5.32 Å². The number of aryl methyl sites for hydroxylation is 3. The molecule has 30 heavy (non-hydrogen) atoms. The van der Waals surface area contributed by atoms with E-state index in [1.165, 1.54) is 22.1 Å². The predicted octanol–water partition coefficient (Wildman–Crippen LogP) is 3.64. The van der Waals surface area contributed by atoms with Crippen molar-refractivity contribution < 1.29 is 13.2 Å². The molecule has 0 aliphatic rings. The lowest BCUT2D eigenvalue weighted by atomic mass is 10.1. The molecule has 0 saturated carbocycles. The molecule has 1 aromatic carbocycles. The first kappa shape index (κ1) is 23.9. The van der Waals surface area contributed by atoms with Crippen LogP contribution in [0.1, 0.15) is 36.2 Å². The molecule has 2 aromatic rings. The van der Waals surface area contributed by atoms with E-state index in [0.29, 0.717) is 34.9 Å². The molecule has 1 aromatic heterocycles. The number of hydrogen-bond acceptors (Lipinski definition) is 6. The van der Waals surface area contributed by atoms with Gasteiger partial charge < -0.3 is 5.32 Å². The first-order valence-electron chi connectivity index (χ1n) is 9.55. The predicted molar refractivity (Wildman–Crippen MR) is 119 cm³/mol. The molecule has 0 fully saturated rings. The molecular formula is C21H26N4O3S2. The summed E-state index contributed by atoms with van der Waals surface area (Å²) in [6.45, 7) is 9.72. The van der Waals surface area contributed by atoms with Gasteiger partial charge in [-0.1, -0.05) is 31.7 Å². The van der Waals surface area contributed by atoms with Crippen molar-refractivity contribution in [2.45, 2.75) is 44.5 Å². The summed E-state index contributed by atoms with van der Waals surface area (Å²) < 4.78 is 27.1. The zero-order valence-electron chi connectivity index (χ0n) is 17.8. The van der Waals surface area contributed by atoms with Crippen LogP contribution in [-0.2, 0) is 14.8 Å². The van der Waals surface area contributed by atoms with E-state index in [-0.39, 0.29) is 16.6 Å². The van der Waals surface area contributed by atoms with Crippen molar-refractivity contribution in [1.29, 1.82) is 5.26 Å². The number of amides is 1. The second-order valence-electron chi connectivity index (χ2n) is 6.78. The molecule has 7 nitrogen and oxygen atoms in total. The maximum absolute atomic E-state index is 12.9. The van der Waals surface area contributed by atoms with E-state index in [9.17, 15) is 18.5 Å². The lowest BCUT2D eigenvalue weighted by Crippen LogP contribution is -2.31. The summed E-state index contributed by atoms with van der Waals surface area (Å²) in [5.74, 6) is -0.253. The van der Waals surface area contributed by atoms with Gasteiger partial charge in [0.25, 0.3) is 0 Å². The van der Waals surface area contributed by atoms with E-state index in [1.807, 2.05) is 19.9 Å². The first-order chi connectivity index (χ1) is 14.1. The topological polar surface area (TPSA) is 103 Å². The molecule has 0 atom stereocenters. The Morgan fingerprint density at radius 1 is 1.17 bits per heavy atom. The number of carbonyl (C=O) groups is 1. The first-order valence-corrected chi connectivity index (χ1v) is 12.0. The van der Waals surface area contributed by atoms with Crippen molar-refractivity contribution in [1.82, 2.24) is 9.29 Å². The molecule has 160 valence electrons. The zero-order chi connectivity index (χ0) is 22.5. The number of thioether (sulfide) groups is 1. The summed E-state index contributed by atoms with van der Waals surface area (Å²) in [7, 11) is -3.63. The van der Waals surface area contributed by atoms with Crippen molar-refractivity contribution in [3.05, 3.63) is 46.6 Å². The summed E-state index contributed by atoms with van der Waals surface area (Å²) in [6, 6.07) is 8.80. The second kappa shape index (κ2) is 10.1.